The fourth-order valence-electron chi connectivity index (χ4n) is 0.443. The van der Waals surface area contributed by atoms with Gasteiger partial charge in [-0.15, -0.1) is 0 Å². The Morgan fingerprint density at radius 2 is 2.00 bits per heavy atom. The molecule has 0 aromatic heterocycles. The third-order valence-corrected chi connectivity index (χ3v) is 1.78. The van der Waals surface area contributed by atoms with Gasteiger partial charge in [0, 0.05) is 0 Å². The van der Waals surface area contributed by atoms with Gasteiger partial charge < -0.3 is 18.7 Å². The molecular weight excluding hydrogens is 162 g/mol. The minimum Gasteiger partial charge on any atom is -0.448 e. The second-order valence-electron chi connectivity index (χ2n) is 2.07. The highest BCUT2D eigenvalue weighted by Gasteiger charge is 2.30. The zero-order valence-corrected chi connectivity index (χ0v) is 6.50. The molecule has 0 fully saturated rings. The molecule has 0 amide bonds. The smallest absolute Gasteiger partial charge is 0.448 e. The summed E-state index contributed by atoms with van der Waals surface area (Å²) in [5.41, 5.74) is 4.83. The van der Waals surface area contributed by atoms with Crippen molar-refractivity contribution in [2.75, 3.05) is 12.0 Å². The normalized spacial score (nSPS) is 15.3. The molecule has 0 aromatic rings. The topological polar surface area (TPSA) is 26.0 Å². The molecule has 0 aliphatic rings. The van der Waals surface area contributed by atoms with Crippen molar-refractivity contribution in [3.8, 4) is 0 Å². The molecule has 1 nitrogen and oxygen atoms in total. The van der Waals surface area contributed by atoms with Crippen LogP contribution in [0.4, 0.5) is 12.9 Å². The lowest BCUT2D eigenvalue weighted by atomic mass is 9.79. The van der Waals surface area contributed by atoms with Crippen LogP contribution in [0.15, 0.2) is 0 Å². The Morgan fingerprint density at radius 1 is 1.50 bits per heavy atom. The zero-order chi connectivity index (χ0) is 8.20. The fourth-order valence-corrected chi connectivity index (χ4v) is 0.951. The summed E-state index contributed by atoms with van der Waals surface area (Å²) >= 11 is 1.38. The van der Waals surface area contributed by atoms with Crippen LogP contribution < -0.4 is 5.73 Å². The van der Waals surface area contributed by atoms with Gasteiger partial charge in [-0.1, -0.05) is 6.42 Å². The van der Waals surface area contributed by atoms with E-state index in [1.54, 1.807) is 6.26 Å². The molecule has 1 unspecified atom stereocenters. The standard InChI is InChI=1S/C4H10BF3NS/c1-10-3-2-4(9)5(6,7)8/h4H,2-3,9H2,1H3/q-1. The van der Waals surface area contributed by atoms with E-state index in [-0.39, 0.29) is 6.42 Å². The Labute approximate surface area is 62.6 Å². The quantitative estimate of drug-likeness (QED) is 0.649. The minimum atomic E-state index is -4.81. The van der Waals surface area contributed by atoms with Crippen LogP contribution in [0.25, 0.3) is 0 Å². The molecular formula is C4H10BF3NS-. The van der Waals surface area contributed by atoms with E-state index < -0.39 is 12.9 Å². The Bertz CT molecular complexity index is 97.0. The molecule has 0 bridgehead atoms. The average Bonchev–Trinajstić information content (AvgIpc) is 1.80. The first kappa shape index (κ1) is 10.2. The summed E-state index contributed by atoms with van der Waals surface area (Å²) in [4.78, 5) is 0. The first-order valence-corrected chi connectivity index (χ1v) is 4.32. The molecule has 10 heavy (non-hydrogen) atoms. The summed E-state index contributed by atoms with van der Waals surface area (Å²) in [6, 6.07) is 0. The van der Waals surface area contributed by atoms with Gasteiger partial charge in [0.1, 0.15) is 0 Å². The van der Waals surface area contributed by atoms with Gasteiger partial charge in [-0.2, -0.15) is 11.8 Å². The number of halogens is 3. The lowest BCUT2D eigenvalue weighted by Gasteiger charge is -2.21. The lowest BCUT2D eigenvalue weighted by molar-refractivity contribution is 0.434. The molecule has 6 heteroatoms. The first-order chi connectivity index (χ1) is 4.48. The third kappa shape index (κ3) is 4.06. The molecule has 0 aliphatic carbocycles. The van der Waals surface area contributed by atoms with Crippen LogP contribution >= 0.6 is 11.8 Å². The van der Waals surface area contributed by atoms with Crippen molar-refractivity contribution in [3.05, 3.63) is 0 Å². The maximum atomic E-state index is 11.7. The Balaban J connectivity index is 3.52. The maximum Gasteiger partial charge on any atom is 0.494 e. The van der Waals surface area contributed by atoms with Gasteiger partial charge in [-0.25, -0.2) is 0 Å². The van der Waals surface area contributed by atoms with Crippen LogP contribution in [0.1, 0.15) is 6.42 Å². The van der Waals surface area contributed by atoms with Crippen LogP contribution in [0.5, 0.6) is 0 Å². The van der Waals surface area contributed by atoms with Gasteiger partial charge in [0.05, 0.1) is 0 Å². The Morgan fingerprint density at radius 3 is 2.30 bits per heavy atom. The van der Waals surface area contributed by atoms with Crippen LogP contribution in [0.3, 0.4) is 0 Å². The zero-order valence-electron chi connectivity index (χ0n) is 5.69. The SMILES string of the molecule is CSCCC(N)[B-](F)(F)F. The first-order valence-electron chi connectivity index (χ1n) is 2.93. The molecule has 0 aromatic carbocycles. The van der Waals surface area contributed by atoms with E-state index in [0.717, 1.165) is 0 Å². The van der Waals surface area contributed by atoms with Gasteiger partial charge in [0.15, 0.2) is 0 Å². The van der Waals surface area contributed by atoms with Crippen molar-refractivity contribution < 1.29 is 12.9 Å². The van der Waals surface area contributed by atoms with Gasteiger partial charge in [0.2, 0.25) is 0 Å². The monoisotopic (exact) mass is 172 g/mol. The van der Waals surface area contributed by atoms with E-state index in [1.165, 1.54) is 11.8 Å². The lowest BCUT2D eigenvalue weighted by Crippen LogP contribution is -2.42. The van der Waals surface area contributed by atoms with Crippen molar-refractivity contribution in [3.63, 3.8) is 0 Å². The van der Waals surface area contributed by atoms with E-state index >= 15 is 0 Å². The van der Waals surface area contributed by atoms with Crippen LogP contribution in [-0.4, -0.2) is 24.9 Å². The highest BCUT2D eigenvalue weighted by Crippen LogP contribution is 2.15. The molecule has 0 spiro atoms. The van der Waals surface area contributed by atoms with Gasteiger partial charge in [-0.05, 0) is 17.9 Å². The van der Waals surface area contributed by atoms with E-state index in [1.807, 2.05) is 0 Å². The summed E-state index contributed by atoms with van der Waals surface area (Å²) < 4.78 is 35.1. The van der Waals surface area contributed by atoms with Crippen LogP contribution in [0, 0.1) is 0 Å². The highest BCUT2D eigenvalue weighted by molar-refractivity contribution is 7.98. The van der Waals surface area contributed by atoms with E-state index in [9.17, 15) is 12.9 Å². The summed E-state index contributed by atoms with van der Waals surface area (Å²) in [7, 11) is 0. The molecule has 0 saturated heterocycles. The molecule has 62 valence electrons. The second kappa shape index (κ2) is 4.13. The summed E-state index contributed by atoms with van der Waals surface area (Å²) in [5, 5.41) is 0. The third-order valence-electron chi connectivity index (χ3n) is 1.14. The van der Waals surface area contributed by atoms with Gasteiger partial charge >= 0.3 is 6.98 Å². The number of rotatable bonds is 4. The van der Waals surface area contributed by atoms with Crippen molar-refractivity contribution >= 4 is 18.7 Å². The van der Waals surface area contributed by atoms with E-state index in [0.29, 0.717) is 5.75 Å². The summed E-state index contributed by atoms with van der Waals surface area (Å²) in [6.07, 6.45) is 1.79. The van der Waals surface area contributed by atoms with E-state index in [2.05, 4.69) is 0 Å². The molecule has 0 saturated carbocycles. The van der Waals surface area contributed by atoms with Gasteiger partial charge in [0.25, 0.3) is 0 Å². The highest BCUT2D eigenvalue weighted by atomic mass is 32.2. The van der Waals surface area contributed by atoms with Crippen molar-refractivity contribution in [1.29, 1.82) is 0 Å². The van der Waals surface area contributed by atoms with Crippen LogP contribution in [-0.2, 0) is 0 Å². The average molecular weight is 172 g/mol. The van der Waals surface area contributed by atoms with Crippen molar-refractivity contribution in [2.24, 2.45) is 5.73 Å². The summed E-state index contributed by atoms with van der Waals surface area (Å²) in [5.74, 6) is -1.12. The van der Waals surface area contributed by atoms with Crippen LogP contribution in [0.2, 0.25) is 0 Å². The fraction of sp³-hybridized carbons (Fsp3) is 1.00. The molecule has 1 atom stereocenters. The Hall–Kier alpha value is 0.165. The molecule has 0 aliphatic heterocycles. The molecule has 2 N–H and O–H groups in total. The number of hydrogen-bond acceptors (Lipinski definition) is 2. The molecule has 0 radical (unpaired) electrons. The summed E-state index contributed by atoms with van der Waals surface area (Å²) in [6.45, 7) is -4.81. The number of thioether (sulfide) groups is 1. The molecule has 0 rings (SSSR count). The minimum absolute atomic E-state index is 0.0324. The largest absolute Gasteiger partial charge is 0.494 e. The molecule has 0 heterocycles. The number of hydrogen-bond donors (Lipinski definition) is 1. The van der Waals surface area contributed by atoms with Crippen molar-refractivity contribution in [1.82, 2.24) is 0 Å². The maximum absolute atomic E-state index is 11.7. The number of nitrogens with two attached hydrogens (primary N) is 1. The second-order valence-corrected chi connectivity index (χ2v) is 3.06. The van der Waals surface area contributed by atoms with Crippen molar-refractivity contribution in [2.45, 2.75) is 12.4 Å². The Kier molecular flexibility index (Phi) is 4.20. The predicted molar refractivity (Wildman–Crippen MR) is 40.1 cm³/mol. The van der Waals surface area contributed by atoms with Gasteiger partial charge in [-0.3, -0.25) is 0 Å². The van der Waals surface area contributed by atoms with E-state index in [4.69, 9.17) is 5.73 Å². The predicted octanol–water partition coefficient (Wildman–Crippen LogP) is 1.45.